The highest BCUT2D eigenvalue weighted by atomic mass is 35.5. The Hall–Kier alpha value is -3.13. The number of carbonyl (C=O) groups is 2. The minimum absolute atomic E-state index is 0.0461. The molecule has 1 aliphatic heterocycles. The van der Waals surface area contributed by atoms with Crippen molar-refractivity contribution in [1.82, 2.24) is 0 Å². The molecule has 0 bridgehead atoms. The van der Waals surface area contributed by atoms with Crippen LogP contribution in [0.15, 0.2) is 48.5 Å². The number of amides is 1. The maximum absolute atomic E-state index is 12.3. The largest absolute Gasteiger partial charge is 0.455 e. The fraction of sp³-hybridized carbons (Fsp3) is 0.300. The molecule has 1 heterocycles. The maximum atomic E-state index is 12.3. The van der Waals surface area contributed by atoms with E-state index in [9.17, 15) is 19.7 Å². The molecule has 0 aliphatic carbocycles. The van der Waals surface area contributed by atoms with Gasteiger partial charge in [-0.2, -0.15) is 0 Å². The predicted molar refractivity (Wildman–Crippen MR) is 109 cm³/mol. The van der Waals surface area contributed by atoms with Gasteiger partial charge < -0.3 is 15.0 Å². The molecule has 0 aromatic heterocycles. The Balaban J connectivity index is 1.49. The highest BCUT2D eigenvalue weighted by molar-refractivity contribution is 6.33. The smallest absolute Gasteiger partial charge is 0.309 e. The summed E-state index contributed by atoms with van der Waals surface area (Å²) in [5, 5.41) is 14.2. The molecular formula is C20H20ClN3O5. The standard InChI is InChI=1S/C20H20ClN3O5/c21-15-5-1-2-6-16(15)22-19(25)13-29-20(26)14-9-11-23(12-10-14)17-7-3-4-8-18(17)24(27)28/h1-8,14H,9-13H2,(H,22,25). The Kier molecular flexibility index (Phi) is 6.66. The van der Waals surface area contributed by atoms with Gasteiger partial charge in [0.05, 0.1) is 21.6 Å². The molecule has 0 atom stereocenters. The molecule has 0 saturated carbocycles. The van der Waals surface area contributed by atoms with E-state index in [-0.39, 0.29) is 11.6 Å². The number of nitro groups is 1. The van der Waals surface area contributed by atoms with Gasteiger partial charge in [-0.25, -0.2) is 0 Å². The van der Waals surface area contributed by atoms with Crippen LogP contribution in [0.4, 0.5) is 17.1 Å². The number of benzene rings is 2. The molecule has 0 spiro atoms. The molecule has 9 heteroatoms. The summed E-state index contributed by atoms with van der Waals surface area (Å²) in [7, 11) is 0. The number of carbonyl (C=O) groups excluding carboxylic acids is 2. The maximum Gasteiger partial charge on any atom is 0.309 e. The van der Waals surface area contributed by atoms with Crippen LogP contribution in [-0.2, 0) is 14.3 Å². The van der Waals surface area contributed by atoms with E-state index < -0.39 is 23.4 Å². The lowest BCUT2D eigenvalue weighted by Crippen LogP contribution is -2.37. The number of halogens is 1. The van der Waals surface area contributed by atoms with Crippen molar-refractivity contribution in [3.63, 3.8) is 0 Å². The normalized spacial score (nSPS) is 14.3. The number of piperidine rings is 1. The number of nitrogens with one attached hydrogen (secondary N) is 1. The predicted octanol–water partition coefficient (Wildman–Crippen LogP) is 3.65. The van der Waals surface area contributed by atoms with Crippen LogP contribution in [0.3, 0.4) is 0 Å². The van der Waals surface area contributed by atoms with Gasteiger partial charge in [0.2, 0.25) is 0 Å². The Morgan fingerprint density at radius 1 is 1.14 bits per heavy atom. The highest BCUT2D eigenvalue weighted by Crippen LogP contribution is 2.31. The van der Waals surface area contributed by atoms with E-state index in [2.05, 4.69) is 5.32 Å². The van der Waals surface area contributed by atoms with E-state index >= 15 is 0 Å². The van der Waals surface area contributed by atoms with E-state index in [0.717, 1.165) is 0 Å². The summed E-state index contributed by atoms with van der Waals surface area (Å²) < 4.78 is 5.14. The van der Waals surface area contributed by atoms with Crippen molar-refractivity contribution in [1.29, 1.82) is 0 Å². The van der Waals surface area contributed by atoms with Gasteiger partial charge in [-0.1, -0.05) is 35.9 Å². The third-order valence-electron chi connectivity index (χ3n) is 4.74. The summed E-state index contributed by atoms with van der Waals surface area (Å²) >= 11 is 5.98. The molecular weight excluding hydrogens is 398 g/mol. The van der Waals surface area contributed by atoms with Crippen LogP contribution in [-0.4, -0.2) is 36.5 Å². The lowest BCUT2D eigenvalue weighted by Gasteiger charge is -2.32. The molecule has 152 valence electrons. The van der Waals surface area contributed by atoms with Crippen LogP contribution in [0.1, 0.15) is 12.8 Å². The average molecular weight is 418 g/mol. The number of para-hydroxylation sites is 3. The van der Waals surface area contributed by atoms with Gasteiger partial charge >= 0.3 is 5.97 Å². The summed E-state index contributed by atoms with van der Waals surface area (Å²) in [6, 6.07) is 13.3. The zero-order chi connectivity index (χ0) is 20.8. The zero-order valence-corrected chi connectivity index (χ0v) is 16.3. The highest BCUT2D eigenvalue weighted by Gasteiger charge is 2.29. The van der Waals surface area contributed by atoms with Crippen molar-refractivity contribution in [2.45, 2.75) is 12.8 Å². The molecule has 2 aromatic rings. The first kappa shape index (κ1) is 20.6. The van der Waals surface area contributed by atoms with E-state index in [1.165, 1.54) is 6.07 Å². The number of nitro benzene ring substituents is 1. The quantitative estimate of drug-likeness (QED) is 0.437. The first-order valence-corrected chi connectivity index (χ1v) is 9.53. The summed E-state index contributed by atoms with van der Waals surface area (Å²) in [6.07, 6.45) is 0.994. The van der Waals surface area contributed by atoms with Crippen molar-refractivity contribution >= 4 is 40.5 Å². The van der Waals surface area contributed by atoms with Crippen LogP contribution >= 0.6 is 11.6 Å². The Labute approximate surface area is 172 Å². The third kappa shape index (κ3) is 5.23. The minimum atomic E-state index is -0.469. The molecule has 1 amide bonds. The van der Waals surface area contributed by atoms with Gasteiger partial charge in [-0.3, -0.25) is 19.7 Å². The van der Waals surface area contributed by atoms with Crippen molar-refractivity contribution in [3.05, 3.63) is 63.7 Å². The number of hydrogen-bond donors (Lipinski definition) is 1. The number of ether oxygens (including phenoxy) is 1. The van der Waals surface area contributed by atoms with Gasteiger partial charge in [-0.15, -0.1) is 0 Å². The minimum Gasteiger partial charge on any atom is -0.455 e. The fourth-order valence-corrected chi connectivity index (χ4v) is 3.43. The van der Waals surface area contributed by atoms with Gasteiger partial charge in [0.25, 0.3) is 11.6 Å². The molecule has 2 aromatic carbocycles. The number of hydrogen-bond acceptors (Lipinski definition) is 6. The van der Waals surface area contributed by atoms with Crippen molar-refractivity contribution < 1.29 is 19.2 Å². The van der Waals surface area contributed by atoms with Crippen molar-refractivity contribution in [2.24, 2.45) is 5.92 Å². The van der Waals surface area contributed by atoms with Crippen molar-refractivity contribution in [2.75, 3.05) is 29.9 Å². The molecule has 0 unspecified atom stereocenters. The second kappa shape index (κ2) is 9.38. The van der Waals surface area contributed by atoms with Gasteiger partial charge in [-0.05, 0) is 31.0 Å². The zero-order valence-electron chi connectivity index (χ0n) is 15.5. The topological polar surface area (TPSA) is 102 Å². The molecule has 1 aliphatic rings. The van der Waals surface area contributed by atoms with Crippen LogP contribution < -0.4 is 10.2 Å². The summed E-state index contributed by atoms with van der Waals surface area (Å²) in [4.78, 5) is 36.9. The first-order valence-electron chi connectivity index (χ1n) is 9.15. The van der Waals surface area contributed by atoms with Crippen LogP contribution in [0.2, 0.25) is 5.02 Å². The summed E-state index contributed by atoms with van der Waals surface area (Å²) in [6.45, 7) is 0.599. The third-order valence-corrected chi connectivity index (χ3v) is 5.07. The lowest BCUT2D eigenvalue weighted by atomic mass is 9.96. The fourth-order valence-electron chi connectivity index (χ4n) is 3.25. The SMILES string of the molecule is O=C(COC(=O)C1CCN(c2ccccc2[N+](=O)[O-])CC1)Nc1ccccc1Cl. The van der Waals surface area contributed by atoms with E-state index in [0.29, 0.717) is 42.3 Å². The molecule has 3 rings (SSSR count). The molecule has 0 radical (unpaired) electrons. The molecule has 1 saturated heterocycles. The van der Waals surface area contributed by atoms with Gasteiger partial charge in [0, 0.05) is 19.2 Å². The van der Waals surface area contributed by atoms with Gasteiger partial charge in [0.15, 0.2) is 6.61 Å². The van der Waals surface area contributed by atoms with Crippen LogP contribution in [0.5, 0.6) is 0 Å². The van der Waals surface area contributed by atoms with E-state index in [1.54, 1.807) is 42.5 Å². The first-order chi connectivity index (χ1) is 14.0. The van der Waals surface area contributed by atoms with E-state index in [1.807, 2.05) is 4.90 Å². The molecule has 1 fully saturated rings. The Morgan fingerprint density at radius 2 is 1.79 bits per heavy atom. The second-order valence-electron chi connectivity index (χ2n) is 6.64. The van der Waals surface area contributed by atoms with E-state index in [4.69, 9.17) is 16.3 Å². The second-order valence-corrected chi connectivity index (χ2v) is 7.05. The monoisotopic (exact) mass is 417 g/mol. The number of anilines is 2. The van der Waals surface area contributed by atoms with Crippen molar-refractivity contribution in [3.8, 4) is 0 Å². The summed E-state index contributed by atoms with van der Waals surface area (Å²) in [5.74, 6) is -1.26. The summed E-state index contributed by atoms with van der Waals surface area (Å²) in [5.41, 5.74) is 1.04. The number of nitrogens with zero attached hydrogens (tertiary/aromatic N) is 2. The Bertz CT molecular complexity index is 912. The molecule has 8 nitrogen and oxygen atoms in total. The Morgan fingerprint density at radius 3 is 2.48 bits per heavy atom. The van der Waals surface area contributed by atoms with Crippen LogP contribution in [0, 0.1) is 16.0 Å². The average Bonchev–Trinajstić information content (AvgIpc) is 2.74. The molecule has 29 heavy (non-hydrogen) atoms. The number of rotatable bonds is 6. The number of esters is 1. The molecule has 1 N–H and O–H groups in total. The van der Waals surface area contributed by atoms with Gasteiger partial charge in [0.1, 0.15) is 5.69 Å². The van der Waals surface area contributed by atoms with Crippen LogP contribution in [0.25, 0.3) is 0 Å². The lowest BCUT2D eigenvalue weighted by molar-refractivity contribution is -0.384.